The molecule has 3 nitrogen and oxygen atoms in total. The lowest BCUT2D eigenvalue weighted by molar-refractivity contribution is 0.640. The SMILES string of the molecule is CCCCNCCc1cccc(C(C=NCC)=CN)c1. The van der Waals surface area contributed by atoms with E-state index in [0.717, 1.165) is 37.2 Å². The number of aliphatic imine (C=N–C) groups is 1. The molecule has 1 aromatic carbocycles. The Labute approximate surface area is 123 Å². The number of benzene rings is 1. The summed E-state index contributed by atoms with van der Waals surface area (Å²) in [5, 5.41) is 3.47. The molecule has 0 unspecified atom stereocenters. The number of rotatable bonds is 9. The summed E-state index contributed by atoms with van der Waals surface area (Å²) in [6, 6.07) is 8.52. The summed E-state index contributed by atoms with van der Waals surface area (Å²) < 4.78 is 0. The van der Waals surface area contributed by atoms with Crippen LogP contribution in [0.2, 0.25) is 0 Å². The lowest BCUT2D eigenvalue weighted by atomic mass is 10.0. The van der Waals surface area contributed by atoms with E-state index in [1.807, 2.05) is 13.1 Å². The van der Waals surface area contributed by atoms with Crippen LogP contribution in [0.1, 0.15) is 37.8 Å². The van der Waals surface area contributed by atoms with Crippen LogP contribution < -0.4 is 11.1 Å². The molecule has 1 rings (SSSR count). The smallest absolute Gasteiger partial charge is 0.0361 e. The van der Waals surface area contributed by atoms with Crippen LogP contribution in [-0.4, -0.2) is 25.8 Å². The van der Waals surface area contributed by atoms with Gasteiger partial charge >= 0.3 is 0 Å². The van der Waals surface area contributed by atoms with Crippen molar-refractivity contribution in [3.05, 3.63) is 41.6 Å². The number of nitrogens with zero attached hydrogens (tertiary/aromatic N) is 1. The molecule has 0 amide bonds. The van der Waals surface area contributed by atoms with E-state index in [0.29, 0.717) is 0 Å². The van der Waals surface area contributed by atoms with Gasteiger partial charge in [0.1, 0.15) is 0 Å². The molecule has 0 bridgehead atoms. The van der Waals surface area contributed by atoms with Crippen LogP contribution in [0.3, 0.4) is 0 Å². The Hall–Kier alpha value is -1.61. The number of unbranched alkanes of at least 4 members (excludes halogenated alkanes) is 1. The molecule has 0 aliphatic carbocycles. The van der Waals surface area contributed by atoms with E-state index < -0.39 is 0 Å². The third kappa shape index (κ3) is 6.02. The van der Waals surface area contributed by atoms with Crippen molar-refractivity contribution in [2.45, 2.75) is 33.1 Å². The van der Waals surface area contributed by atoms with Crippen LogP contribution in [0.5, 0.6) is 0 Å². The van der Waals surface area contributed by atoms with E-state index in [1.54, 1.807) is 6.20 Å². The Bertz CT molecular complexity index is 436. The minimum atomic E-state index is 0.776. The van der Waals surface area contributed by atoms with Crippen molar-refractivity contribution >= 4 is 11.8 Å². The molecule has 0 spiro atoms. The van der Waals surface area contributed by atoms with Crippen molar-refractivity contribution in [3.63, 3.8) is 0 Å². The summed E-state index contributed by atoms with van der Waals surface area (Å²) in [5.41, 5.74) is 9.13. The average molecular weight is 273 g/mol. The summed E-state index contributed by atoms with van der Waals surface area (Å²) in [4.78, 5) is 4.26. The molecule has 0 atom stereocenters. The Morgan fingerprint density at radius 2 is 2.15 bits per heavy atom. The van der Waals surface area contributed by atoms with Crippen molar-refractivity contribution < 1.29 is 0 Å². The third-order valence-electron chi connectivity index (χ3n) is 3.15. The largest absolute Gasteiger partial charge is 0.404 e. The Kier molecular flexibility index (Phi) is 8.40. The normalized spacial score (nSPS) is 12.2. The van der Waals surface area contributed by atoms with Crippen molar-refractivity contribution in [1.29, 1.82) is 0 Å². The standard InChI is InChI=1S/C17H27N3/c1-3-5-10-20-11-9-15-7-6-8-16(12-15)17(13-18)14-19-4-2/h6-8,12-14,20H,3-5,9-11,18H2,1-2H3. The average Bonchev–Trinajstić information content (AvgIpc) is 2.48. The van der Waals surface area contributed by atoms with E-state index in [1.165, 1.54) is 18.4 Å². The second-order valence-corrected chi connectivity index (χ2v) is 4.80. The molecule has 0 heterocycles. The van der Waals surface area contributed by atoms with Crippen LogP contribution in [0, 0.1) is 0 Å². The Balaban J connectivity index is 2.58. The summed E-state index contributed by atoms with van der Waals surface area (Å²) in [6.07, 6.45) is 6.99. The molecule has 0 aromatic heterocycles. The van der Waals surface area contributed by atoms with Gasteiger partial charge in [0.25, 0.3) is 0 Å². The lowest BCUT2D eigenvalue weighted by Gasteiger charge is -2.07. The van der Waals surface area contributed by atoms with Gasteiger partial charge in [-0.05, 0) is 44.0 Å². The molecule has 0 fully saturated rings. The van der Waals surface area contributed by atoms with Crippen molar-refractivity contribution in [1.82, 2.24) is 5.32 Å². The number of allylic oxidation sites excluding steroid dienone is 1. The van der Waals surface area contributed by atoms with Crippen LogP contribution in [0.4, 0.5) is 0 Å². The zero-order valence-corrected chi connectivity index (χ0v) is 12.7. The maximum absolute atomic E-state index is 5.68. The predicted molar refractivity (Wildman–Crippen MR) is 89.1 cm³/mol. The molecular formula is C17H27N3. The van der Waals surface area contributed by atoms with Crippen molar-refractivity contribution in [3.8, 4) is 0 Å². The van der Waals surface area contributed by atoms with Gasteiger partial charge in [0.15, 0.2) is 0 Å². The van der Waals surface area contributed by atoms with Gasteiger partial charge in [-0.15, -0.1) is 0 Å². The quantitative estimate of drug-likeness (QED) is 0.537. The Morgan fingerprint density at radius 3 is 2.85 bits per heavy atom. The summed E-state index contributed by atoms with van der Waals surface area (Å²) >= 11 is 0. The number of hydrogen-bond acceptors (Lipinski definition) is 3. The fraction of sp³-hybridized carbons (Fsp3) is 0.471. The van der Waals surface area contributed by atoms with Gasteiger partial charge in [-0.1, -0.05) is 37.6 Å². The minimum absolute atomic E-state index is 0.776. The second kappa shape index (κ2) is 10.2. The molecule has 1 aromatic rings. The van der Waals surface area contributed by atoms with E-state index in [4.69, 9.17) is 5.73 Å². The predicted octanol–water partition coefficient (Wildman–Crippen LogP) is 3.01. The summed E-state index contributed by atoms with van der Waals surface area (Å²) in [5.74, 6) is 0. The van der Waals surface area contributed by atoms with E-state index in [2.05, 4.69) is 41.5 Å². The van der Waals surface area contributed by atoms with Crippen LogP contribution in [0.25, 0.3) is 5.57 Å². The zero-order valence-electron chi connectivity index (χ0n) is 12.7. The maximum atomic E-state index is 5.68. The fourth-order valence-corrected chi connectivity index (χ4v) is 1.97. The van der Waals surface area contributed by atoms with Gasteiger partial charge < -0.3 is 11.1 Å². The Morgan fingerprint density at radius 1 is 1.30 bits per heavy atom. The molecular weight excluding hydrogens is 246 g/mol. The molecule has 0 saturated heterocycles. The highest BCUT2D eigenvalue weighted by Crippen LogP contribution is 2.14. The highest BCUT2D eigenvalue weighted by molar-refractivity contribution is 6.09. The zero-order chi connectivity index (χ0) is 14.6. The van der Waals surface area contributed by atoms with Crippen LogP contribution in [-0.2, 0) is 6.42 Å². The third-order valence-corrected chi connectivity index (χ3v) is 3.15. The van der Waals surface area contributed by atoms with Gasteiger partial charge in [-0.25, -0.2) is 0 Å². The fourth-order valence-electron chi connectivity index (χ4n) is 1.97. The molecule has 0 aliphatic rings. The topological polar surface area (TPSA) is 50.4 Å². The van der Waals surface area contributed by atoms with E-state index in [-0.39, 0.29) is 0 Å². The number of hydrogen-bond donors (Lipinski definition) is 2. The first-order chi connectivity index (χ1) is 9.81. The summed E-state index contributed by atoms with van der Waals surface area (Å²) in [6.45, 7) is 7.13. The highest BCUT2D eigenvalue weighted by Gasteiger charge is 2.00. The summed E-state index contributed by atoms with van der Waals surface area (Å²) in [7, 11) is 0. The van der Waals surface area contributed by atoms with Gasteiger partial charge in [-0.2, -0.15) is 0 Å². The van der Waals surface area contributed by atoms with Crippen LogP contribution in [0.15, 0.2) is 35.5 Å². The van der Waals surface area contributed by atoms with Gasteiger partial charge in [-0.3, -0.25) is 4.99 Å². The van der Waals surface area contributed by atoms with Crippen molar-refractivity contribution in [2.75, 3.05) is 19.6 Å². The molecule has 0 radical (unpaired) electrons. The number of nitrogens with two attached hydrogens (primary N) is 1. The molecule has 0 saturated carbocycles. The highest BCUT2D eigenvalue weighted by atomic mass is 14.8. The molecule has 0 aliphatic heterocycles. The maximum Gasteiger partial charge on any atom is 0.0361 e. The minimum Gasteiger partial charge on any atom is -0.404 e. The molecule has 3 heteroatoms. The monoisotopic (exact) mass is 273 g/mol. The van der Waals surface area contributed by atoms with Gasteiger partial charge in [0, 0.05) is 24.5 Å². The van der Waals surface area contributed by atoms with Crippen molar-refractivity contribution in [2.24, 2.45) is 10.7 Å². The molecule has 110 valence electrons. The first kappa shape index (κ1) is 16.4. The van der Waals surface area contributed by atoms with Gasteiger partial charge in [0.05, 0.1) is 0 Å². The molecule has 20 heavy (non-hydrogen) atoms. The molecule has 3 N–H and O–H groups in total. The first-order valence-electron chi connectivity index (χ1n) is 7.53. The van der Waals surface area contributed by atoms with E-state index >= 15 is 0 Å². The number of nitrogens with one attached hydrogen (secondary N) is 1. The lowest BCUT2D eigenvalue weighted by Crippen LogP contribution is -2.18. The van der Waals surface area contributed by atoms with E-state index in [9.17, 15) is 0 Å². The van der Waals surface area contributed by atoms with Gasteiger partial charge in [0.2, 0.25) is 0 Å². The first-order valence-corrected chi connectivity index (χ1v) is 7.53. The van der Waals surface area contributed by atoms with Crippen LogP contribution >= 0.6 is 0 Å². The second-order valence-electron chi connectivity index (χ2n) is 4.80.